The normalized spacial score (nSPS) is 10.6. The summed E-state index contributed by atoms with van der Waals surface area (Å²) in [6, 6.07) is 15.1. The first-order chi connectivity index (χ1) is 14.1. The highest BCUT2D eigenvalue weighted by molar-refractivity contribution is 8.01. The van der Waals surface area contributed by atoms with Gasteiger partial charge in [-0.1, -0.05) is 23.9 Å². The number of methoxy groups -OCH3 is 1. The molecule has 0 spiro atoms. The van der Waals surface area contributed by atoms with Gasteiger partial charge in [-0.3, -0.25) is 0 Å². The van der Waals surface area contributed by atoms with Crippen LogP contribution >= 0.6 is 23.1 Å². The zero-order valence-electron chi connectivity index (χ0n) is 16.3. The molecular weight excluding hydrogens is 406 g/mol. The fraction of sp³-hybridized carbons (Fsp3) is 0.238. The minimum Gasteiger partial charge on any atom is -0.491 e. The predicted molar refractivity (Wildman–Crippen MR) is 117 cm³/mol. The van der Waals surface area contributed by atoms with E-state index in [1.807, 2.05) is 60.8 Å². The van der Waals surface area contributed by atoms with E-state index in [1.54, 1.807) is 30.2 Å². The van der Waals surface area contributed by atoms with Crippen LogP contribution in [0.5, 0.6) is 5.75 Å². The van der Waals surface area contributed by atoms with Gasteiger partial charge in [-0.2, -0.15) is 0 Å². The number of anilines is 1. The van der Waals surface area contributed by atoms with Crippen molar-refractivity contribution in [2.24, 2.45) is 0 Å². The second kappa shape index (κ2) is 10.8. The molecule has 0 unspecified atom stereocenters. The van der Waals surface area contributed by atoms with Crippen LogP contribution in [0.1, 0.15) is 11.3 Å². The highest BCUT2D eigenvalue weighted by Gasteiger charge is 2.05. The first-order valence-corrected chi connectivity index (χ1v) is 10.8. The number of ether oxygens (including phenoxy) is 2. The zero-order valence-corrected chi connectivity index (χ0v) is 17.9. The Labute approximate surface area is 178 Å². The van der Waals surface area contributed by atoms with E-state index in [4.69, 9.17) is 9.47 Å². The molecule has 0 aliphatic carbocycles. The Kier molecular flexibility index (Phi) is 7.92. The summed E-state index contributed by atoms with van der Waals surface area (Å²) in [6.45, 7) is 3.48. The molecule has 0 radical (unpaired) electrons. The van der Waals surface area contributed by atoms with E-state index >= 15 is 0 Å². The third kappa shape index (κ3) is 7.08. The Balaban J connectivity index is 1.43. The molecule has 8 heteroatoms. The molecule has 0 bridgehead atoms. The molecule has 2 aromatic carbocycles. The highest BCUT2D eigenvalue weighted by atomic mass is 32.2. The number of carbonyl (C=O) groups excluding carboxylic acids is 1. The van der Waals surface area contributed by atoms with Crippen LogP contribution in [-0.2, 0) is 11.3 Å². The van der Waals surface area contributed by atoms with Gasteiger partial charge in [0.15, 0.2) is 4.34 Å². The summed E-state index contributed by atoms with van der Waals surface area (Å²) >= 11 is 3.24. The largest absolute Gasteiger partial charge is 0.491 e. The van der Waals surface area contributed by atoms with Gasteiger partial charge in [-0.05, 0) is 48.9 Å². The number of nitrogens with zero attached hydrogens (tertiary/aromatic N) is 1. The Hall–Kier alpha value is -2.55. The van der Waals surface area contributed by atoms with Gasteiger partial charge >= 0.3 is 6.03 Å². The number of carbonyl (C=O) groups is 1. The van der Waals surface area contributed by atoms with E-state index in [1.165, 1.54) is 0 Å². The third-order valence-electron chi connectivity index (χ3n) is 3.85. The number of amides is 2. The van der Waals surface area contributed by atoms with Gasteiger partial charge in [0.1, 0.15) is 12.4 Å². The molecule has 29 heavy (non-hydrogen) atoms. The van der Waals surface area contributed by atoms with Gasteiger partial charge in [-0.15, -0.1) is 11.3 Å². The third-order valence-corrected chi connectivity index (χ3v) is 5.91. The maximum absolute atomic E-state index is 12.1. The number of aromatic nitrogens is 1. The number of urea groups is 1. The van der Waals surface area contributed by atoms with Crippen LogP contribution in [-0.4, -0.2) is 31.3 Å². The van der Waals surface area contributed by atoms with E-state index in [9.17, 15) is 4.79 Å². The highest BCUT2D eigenvalue weighted by Crippen LogP contribution is 2.30. The molecule has 6 nitrogen and oxygen atoms in total. The fourth-order valence-corrected chi connectivity index (χ4v) is 4.20. The monoisotopic (exact) mass is 429 g/mol. The molecule has 1 aromatic heterocycles. The lowest BCUT2D eigenvalue weighted by Gasteiger charge is -2.09. The van der Waals surface area contributed by atoms with Crippen molar-refractivity contribution in [2.45, 2.75) is 22.7 Å². The first-order valence-electron chi connectivity index (χ1n) is 9.08. The number of benzene rings is 2. The number of rotatable bonds is 9. The van der Waals surface area contributed by atoms with Crippen molar-refractivity contribution in [3.05, 3.63) is 65.2 Å². The number of thiazole rings is 1. The molecule has 2 amide bonds. The van der Waals surface area contributed by atoms with Crippen LogP contribution in [0.2, 0.25) is 0 Å². The van der Waals surface area contributed by atoms with Gasteiger partial charge in [0, 0.05) is 35.3 Å². The average Bonchev–Trinajstić information content (AvgIpc) is 3.14. The Morgan fingerprint density at radius 1 is 1.10 bits per heavy atom. The van der Waals surface area contributed by atoms with Gasteiger partial charge in [0.05, 0.1) is 6.61 Å². The number of nitrogens with one attached hydrogen (secondary N) is 2. The summed E-state index contributed by atoms with van der Waals surface area (Å²) in [7, 11) is 1.64. The lowest BCUT2D eigenvalue weighted by molar-refractivity contribution is 0.146. The molecule has 0 aliphatic heterocycles. The van der Waals surface area contributed by atoms with Crippen molar-refractivity contribution < 1.29 is 14.3 Å². The van der Waals surface area contributed by atoms with Crippen molar-refractivity contribution in [2.75, 3.05) is 25.6 Å². The summed E-state index contributed by atoms with van der Waals surface area (Å²) in [5, 5.41) is 7.73. The molecule has 0 fully saturated rings. The van der Waals surface area contributed by atoms with Crippen LogP contribution in [0.4, 0.5) is 10.5 Å². The summed E-state index contributed by atoms with van der Waals surface area (Å²) in [5.74, 6) is 0.779. The molecule has 3 rings (SSSR count). The first kappa shape index (κ1) is 21.2. The van der Waals surface area contributed by atoms with Crippen molar-refractivity contribution in [3.63, 3.8) is 0 Å². The smallest absolute Gasteiger partial charge is 0.319 e. The maximum atomic E-state index is 12.1. The van der Waals surface area contributed by atoms with E-state index < -0.39 is 0 Å². The molecule has 2 N–H and O–H groups in total. The van der Waals surface area contributed by atoms with Crippen molar-refractivity contribution in [3.8, 4) is 5.75 Å². The lowest BCUT2D eigenvalue weighted by atomic mass is 10.2. The summed E-state index contributed by atoms with van der Waals surface area (Å²) in [5.41, 5.74) is 2.76. The van der Waals surface area contributed by atoms with Crippen LogP contribution in [0.15, 0.2) is 63.1 Å². The van der Waals surface area contributed by atoms with Crippen LogP contribution < -0.4 is 15.4 Å². The van der Waals surface area contributed by atoms with E-state index in [-0.39, 0.29) is 6.03 Å². The summed E-state index contributed by atoms with van der Waals surface area (Å²) < 4.78 is 11.5. The molecule has 0 aliphatic rings. The molecule has 3 aromatic rings. The number of hydrogen-bond acceptors (Lipinski definition) is 6. The maximum Gasteiger partial charge on any atom is 0.319 e. The summed E-state index contributed by atoms with van der Waals surface area (Å²) in [6.07, 6.45) is 0. The minimum atomic E-state index is -0.249. The van der Waals surface area contributed by atoms with Gasteiger partial charge in [0.2, 0.25) is 0 Å². The standard InChI is InChI=1S/C21H23N3O3S2/c1-15-14-28-21(23-15)29-19-9-5-17(6-10-19)24-20(25)22-13-16-3-7-18(8-4-16)27-12-11-26-2/h3-10,14H,11-13H2,1-2H3,(H2,22,24,25). The molecule has 152 valence electrons. The Bertz CT molecular complexity index is 912. The Morgan fingerprint density at radius 2 is 1.86 bits per heavy atom. The second-order valence-corrected chi connectivity index (χ2v) is 8.35. The second-order valence-electron chi connectivity index (χ2n) is 6.17. The van der Waals surface area contributed by atoms with Crippen molar-refractivity contribution in [1.82, 2.24) is 10.3 Å². The molecule has 0 saturated heterocycles. The quantitative estimate of drug-likeness (QED) is 0.471. The zero-order chi connectivity index (χ0) is 20.5. The Morgan fingerprint density at radius 3 is 2.52 bits per heavy atom. The van der Waals surface area contributed by atoms with Crippen molar-refractivity contribution in [1.29, 1.82) is 0 Å². The summed E-state index contributed by atoms with van der Waals surface area (Å²) in [4.78, 5) is 17.7. The predicted octanol–water partition coefficient (Wildman–Crippen LogP) is 4.95. The minimum absolute atomic E-state index is 0.249. The van der Waals surface area contributed by atoms with Crippen LogP contribution in [0.3, 0.4) is 0 Å². The number of aryl methyl sites for hydroxylation is 1. The van der Waals surface area contributed by atoms with E-state index in [0.717, 1.165) is 31.9 Å². The number of hydrogen-bond donors (Lipinski definition) is 2. The fourth-order valence-electron chi connectivity index (χ4n) is 2.39. The SMILES string of the molecule is COCCOc1ccc(CNC(=O)Nc2ccc(Sc3nc(C)cs3)cc2)cc1. The van der Waals surface area contributed by atoms with E-state index in [2.05, 4.69) is 15.6 Å². The molecule has 1 heterocycles. The van der Waals surface area contributed by atoms with Gasteiger partial charge in [0.25, 0.3) is 0 Å². The van der Waals surface area contributed by atoms with E-state index in [0.29, 0.717) is 19.8 Å². The topological polar surface area (TPSA) is 72.5 Å². The molecule has 0 atom stereocenters. The lowest BCUT2D eigenvalue weighted by Crippen LogP contribution is -2.28. The van der Waals surface area contributed by atoms with Gasteiger partial charge < -0.3 is 20.1 Å². The van der Waals surface area contributed by atoms with Crippen molar-refractivity contribution >= 4 is 34.8 Å². The average molecular weight is 430 g/mol. The van der Waals surface area contributed by atoms with Crippen LogP contribution in [0, 0.1) is 6.92 Å². The van der Waals surface area contributed by atoms with Gasteiger partial charge in [-0.25, -0.2) is 9.78 Å². The van der Waals surface area contributed by atoms with Crippen LogP contribution in [0.25, 0.3) is 0 Å². The molecular formula is C21H23N3O3S2. The molecule has 0 saturated carbocycles.